The molecule has 3 fully saturated rings. The van der Waals surface area contributed by atoms with Gasteiger partial charge in [0, 0.05) is 24.6 Å². The molecule has 0 radical (unpaired) electrons. The molecule has 3 heterocycles. The zero-order chi connectivity index (χ0) is 16.8. The number of hydrogen-bond donors (Lipinski definition) is 0. The van der Waals surface area contributed by atoms with Crippen molar-refractivity contribution in [3.63, 3.8) is 0 Å². The topological polar surface area (TPSA) is 68.5 Å². The lowest BCUT2D eigenvalue weighted by Gasteiger charge is -2.34. The highest BCUT2D eigenvalue weighted by Gasteiger charge is 2.43. The van der Waals surface area contributed by atoms with Crippen LogP contribution in [0.15, 0.2) is 34.7 Å². The first-order valence-electron chi connectivity index (χ1n) is 9.11. The Bertz CT molecular complexity index is 771. The second kappa shape index (κ2) is 5.95. The summed E-state index contributed by atoms with van der Waals surface area (Å²) >= 11 is 0. The van der Waals surface area contributed by atoms with Crippen molar-refractivity contribution < 1.29 is 13.9 Å². The summed E-state index contributed by atoms with van der Waals surface area (Å²) in [4.78, 5) is 14.6. The van der Waals surface area contributed by atoms with Crippen LogP contribution >= 0.6 is 0 Å². The lowest BCUT2D eigenvalue weighted by molar-refractivity contribution is -0.0124. The molecule has 1 aliphatic carbocycles. The number of hydrogen-bond acceptors (Lipinski definition) is 5. The first kappa shape index (κ1) is 15.1. The lowest BCUT2D eigenvalue weighted by Crippen LogP contribution is -2.45. The molecule has 1 amide bonds. The van der Waals surface area contributed by atoms with E-state index in [9.17, 15) is 4.79 Å². The van der Waals surface area contributed by atoms with E-state index >= 15 is 0 Å². The normalized spacial score (nSPS) is 28.8. The summed E-state index contributed by atoms with van der Waals surface area (Å²) in [5.41, 5.74) is 0.737. The van der Waals surface area contributed by atoms with Gasteiger partial charge in [0.2, 0.25) is 11.8 Å². The van der Waals surface area contributed by atoms with Crippen LogP contribution in [0.3, 0.4) is 0 Å². The van der Waals surface area contributed by atoms with Crippen LogP contribution in [-0.4, -0.2) is 40.2 Å². The molecule has 0 N–H and O–H groups in total. The number of carbonyl (C=O) groups is 1. The summed E-state index contributed by atoms with van der Waals surface area (Å²) in [7, 11) is 0. The van der Waals surface area contributed by atoms with Crippen LogP contribution in [0.4, 0.5) is 0 Å². The Hall–Kier alpha value is -2.21. The van der Waals surface area contributed by atoms with E-state index in [-0.39, 0.29) is 18.1 Å². The van der Waals surface area contributed by atoms with Crippen molar-refractivity contribution in [1.82, 2.24) is 15.1 Å². The van der Waals surface area contributed by atoms with Crippen LogP contribution in [0.2, 0.25) is 0 Å². The molecule has 130 valence electrons. The average molecular weight is 339 g/mol. The maximum Gasteiger partial charge on any atom is 0.253 e. The van der Waals surface area contributed by atoms with E-state index in [4.69, 9.17) is 9.15 Å². The van der Waals surface area contributed by atoms with Gasteiger partial charge in [-0.25, -0.2) is 0 Å². The van der Waals surface area contributed by atoms with Gasteiger partial charge in [-0.1, -0.05) is 18.2 Å². The molecule has 5 rings (SSSR count). The molecule has 6 nitrogen and oxygen atoms in total. The number of rotatable bonds is 3. The van der Waals surface area contributed by atoms with Gasteiger partial charge in [-0.2, -0.15) is 0 Å². The zero-order valence-electron chi connectivity index (χ0n) is 14.0. The summed E-state index contributed by atoms with van der Waals surface area (Å²) in [5, 5.41) is 8.36. The van der Waals surface area contributed by atoms with Crippen molar-refractivity contribution in [2.75, 3.05) is 13.1 Å². The molecular formula is C19H21N3O3. The number of nitrogens with zero attached hydrogens (tertiary/aromatic N) is 3. The Morgan fingerprint density at radius 1 is 1.08 bits per heavy atom. The molecule has 1 aromatic carbocycles. The maximum absolute atomic E-state index is 12.7. The minimum atomic E-state index is -0.123. The third kappa shape index (κ3) is 2.84. The van der Waals surface area contributed by atoms with Gasteiger partial charge >= 0.3 is 0 Å². The highest BCUT2D eigenvalue weighted by Crippen LogP contribution is 2.43. The van der Waals surface area contributed by atoms with Crippen LogP contribution in [0.25, 0.3) is 0 Å². The van der Waals surface area contributed by atoms with Gasteiger partial charge in [-0.15, -0.1) is 10.2 Å². The molecule has 6 heteroatoms. The molecule has 2 aliphatic heterocycles. The average Bonchev–Trinajstić information content (AvgIpc) is 3.23. The Balaban J connectivity index is 1.26. The molecule has 1 saturated carbocycles. The zero-order valence-corrected chi connectivity index (χ0v) is 14.0. The van der Waals surface area contributed by atoms with Gasteiger partial charge < -0.3 is 14.1 Å². The lowest BCUT2D eigenvalue weighted by atomic mass is 9.91. The van der Waals surface area contributed by atoms with E-state index in [1.165, 1.54) is 0 Å². The van der Waals surface area contributed by atoms with Crippen LogP contribution in [0, 0.1) is 5.92 Å². The fourth-order valence-corrected chi connectivity index (χ4v) is 3.91. The molecule has 0 spiro atoms. The van der Waals surface area contributed by atoms with Crippen LogP contribution < -0.4 is 0 Å². The van der Waals surface area contributed by atoms with Gasteiger partial charge in [0.25, 0.3) is 5.91 Å². The number of carbonyl (C=O) groups excluding carboxylic acids is 1. The second-order valence-corrected chi connectivity index (χ2v) is 7.32. The first-order chi connectivity index (χ1) is 12.3. The standard InChI is InChI=1S/C19H21N3O3/c23-19(13-4-2-1-3-5-13)22-9-8-14-10-15(24-16(14)11-22)18-21-20-17(25-18)12-6-7-12/h1-5,12,14-16H,6-11H2/t14-,15-,16+/m0/s1. The maximum atomic E-state index is 12.7. The van der Waals surface area contributed by atoms with Gasteiger partial charge in [0.05, 0.1) is 6.10 Å². The quantitative estimate of drug-likeness (QED) is 0.860. The van der Waals surface area contributed by atoms with Gasteiger partial charge in [-0.3, -0.25) is 4.79 Å². The molecule has 3 aliphatic rings. The van der Waals surface area contributed by atoms with Crippen molar-refractivity contribution in [1.29, 1.82) is 0 Å². The van der Waals surface area contributed by atoms with E-state index in [1.807, 2.05) is 35.2 Å². The molecule has 0 unspecified atom stereocenters. The number of aromatic nitrogens is 2. The number of benzene rings is 1. The SMILES string of the molecule is O=C(c1ccccc1)N1CC[C@H]2C[C@@H](c3nnc(C4CC4)o3)O[C@@H]2C1. The number of piperidine rings is 1. The Labute approximate surface area is 146 Å². The number of likely N-dealkylation sites (tertiary alicyclic amines) is 1. The summed E-state index contributed by atoms with van der Waals surface area (Å²) in [6.07, 6.45) is 4.10. The third-order valence-electron chi connectivity index (χ3n) is 5.52. The predicted molar refractivity (Wildman–Crippen MR) is 89.0 cm³/mol. The number of ether oxygens (including phenoxy) is 1. The number of fused-ring (bicyclic) bond motifs is 1. The highest BCUT2D eigenvalue weighted by molar-refractivity contribution is 5.94. The van der Waals surface area contributed by atoms with Crippen molar-refractivity contribution in [2.45, 2.75) is 43.8 Å². The van der Waals surface area contributed by atoms with Crippen molar-refractivity contribution in [3.8, 4) is 0 Å². The summed E-state index contributed by atoms with van der Waals surface area (Å²) in [5.74, 6) is 2.37. The first-order valence-corrected chi connectivity index (χ1v) is 9.11. The minimum Gasteiger partial charge on any atom is -0.422 e. The third-order valence-corrected chi connectivity index (χ3v) is 5.52. The van der Waals surface area contributed by atoms with Crippen molar-refractivity contribution in [2.24, 2.45) is 5.92 Å². The highest BCUT2D eigenvalue weighted by atomic mass is 16.5. The molecule has 2 aromatic rings. The summed E-state index contributed by atoms with van der Waals surface area (Å²) in [6, 6.07) is 9.45. The molecular weight excluding hydrogens is 318 g/mol. The molecule has 0 bridgehead atoms. The summed E-state index contributed by atoms with van der Waals surface area (Å²) in [6.45, 7) is 1.42. The van der Waals surface area contributed by atoms with Crippen LogP contribution in [0.5, 0.6) is 0 Å². The van der Waals surface area contributed by atoms with E-state index < -0.39 is 0 Å². The largest absolute Gasteiger partial charge is 0.422 e. The number of amides is 1. The molecule has 1 aromatic heterocycles. The van der Waals surface area contributed by atoms with Gasteiger partial charge in [0.15, 0.2) is 0 Å². The second-order valence-electron chi connectivity index (χ2n) is 7.32. The molecule has 2 saturated heterocycles. The molecule has 25 heavy (non-hydrogen) atoms. The van der Waals surface area contributed by atoms with E-state index in [1.54, 1.807) is 0 Å². The Morgan fingerprint density at radius 3 is 2.68 bits per heavy atom. The van der Waals surface area contributed by atoms with Crippen molar-refractivity contribution >= 4 is 5.91 Å². The van der Waals surface area contributed by atoms with Crippen molar-refractivity contribution in [3.05, 3.63) is 47.7 Å². The van der Waals surface area contributed by atoms with Gasteiger partial charge in [0.1, 0.15) is 6.10 Å². The summed E-state index contributed by atoms with van der Waals surface area (Å²) < 4.78 is 12.0. The minimum absolute atomic E-state index is 0.0580. The monoisotopic (exact) mass is 339 g/mol. The van der Waals surface area contributed by atoms with E-state index in [0.717, 1.165) is 43.7 Å². The van der Waals surface area contributed by atoms with E-state index in [2.05, 4.69) is 10.2 Å². The van der Waals surface area contributed by atoms with Crippen LogP contribution in [0.1, 0.15) is 59.8 Å². The predicted octanol–water partition coefficient (Wildman–Crippen LogP) is 2.94. The van der Waals surface area contributed by atoms with E-state index in [0.29, 0.717) is 24.3 Å². The molecule has 3 atom stereocenters. The fraction of sp³-hybridized carbons (Fsp3) is 0.526. The Morgan fingerprint density at radius 2 is 1.88 bits per heavy atom. The Kier molecular flexibility index (Phi) is 3.59. The van der Waals surface area contributed by atoms with Gasteiger partial charge in [-0.05, 0) is 43.7 Å². The van der Waals surface area contributed by atoms with Crippen LogP contribution in [-0.2, 0) is 4.74 Å². The smallest absolute Gasteiger partial charge is 0.253 e. The fourth-order valence-electron chi connectivity index (χ4n) is 3.91.